The summed E-state index contributed by atoms with van der Waals surface area (Å²) in [6.45, 7) is 6.27. The molecule has 0 heterocycles. The highest BCUT2D eigenvalue weighted by Crippen LogP contribution is 2.26. The van der Waals surface area contributed by atoms with Crippen LogP contribution in [0.5, 0.6) is 0 Å². The standard InChI is InChI=1S/C23H28N2O2/c1-4-13-25(21-12-11-18-7-5-6-8-19(18)14-21)23(27)20-10-9-16(2)22(15-20)24-17(3)26/h5-10,15,21H,4,11-14H2,1-3H3,(H,24,26). The molecule has 2 amide bonds. The molecule has 1 N–H and O–H groups in total. The molecule has 0 spiro atoms. The van der Waals surface area contributed by atoms with Crippen LogP contribution in [0.25, 0.3) is 0 Å². The lowest BCUT2D eigenvalue weighted by atomic mass is 9.87. The molecule has 0 aliphatic heterocycles. The van der Waals surface area contributed by atoms with Crippen molar-refractivity contribution in [1.29, 1.82) is 0 Å². The Morgan fingerprint density at radius 3 is 2.59 bits per heavy atom. The zero-order chi connectivity index (χ0) is 19.4. The Morgan fingerprint density at radius 1 is 1.15 bits per heavy atom. The third-order valence-electron chi connectivity index (χ3n) is 5.28. The molecule has 27 heavy (non-hydrogen) atoms. The maximum atomic E-state index is 13.3. The number of hydrogen-bond acceptors (Lipinski definition) is 2. The maximum absolute atomic E-state index is 13.3. The third kappa shape index (κ3) is 4.38. The van der Waals surface area contributed by atoms with Crippen molar-refractivity contribution in [3.63, 3.8) is 0 Å². The largest absolute Gasteiger partial charge is 0.335 e. The van der Waals surface area contributed by atoms with E-state index in [1.165, 1.54) is 18.1 Å². The van der Waals surface area contributed by atoms with Crippen LogP contribution < -0.4 is 5.32 Å². The van der Waals surface area contributed by atoms with Gasteiger partial charge in [-0.3, -0.25) is 9.59 Å². The Morgan fingerprint density at radius 2 is 1.89 bits per heavy atom. The number of carbonyl (C=O) groups is 2. The predicted molar refractivity (Wildman–Crippen MR) is 109 cm³/mol. The van der Waals surface area contributed by atoms with Crippen molar-refractivity contribution in [2.24, 2.45) is 0 Å². The molecule has 1 unspecified atom stereocenters. The molecular formula is C23H28N2O2. The first-order valence-corrected chi connectivity index (χ1v) is 9.75. The van der Waals surface area contributed by atoms with E-state index in [9.17, 15) is 9.59 Å². The van der Waals surface area contributed by atoms with Crippen LogP contribution in [0.3, 0.4) is 0 Å². The molecule has 1 aliphatic rings. The molecule has 0 saturated heterocycles. The van der Waals surface area contributed by atoms with Crippen LogP contribution in [0, 0.1) is 6.92 Å². The highest BCUT2D eigenvalue weighted by atomic mass is 16.2. The minimum absolute atomic E-state index is 0.0489. The first-order valence-electron chi connectivity index (χ1n) is 9.75. The van der Waals surface area contributed by atoms with Crippen LogP contribution in [0.1, 0.15) is 53.7 Å². The summed E-state index contributed by atoms with van der Waals surface area (Å²) in [7, 11) is 0. The summed E-state index contributed by atoms with van der Waals surface area (Å²) < 4.78 is 0. The number of nitrogens with one attached hydrogen (secondary N) is 1. The molecule has 3 rings (SSSR count). The van der Waals surface area contributed by atoms with Gasteiger partial charge in [0, 0.05) is 30.8 Å². The van der Waals surface area contributed by atoms with Gasteiger partial charge in [0.1, 0.15) is 0 Å². The molecule has 4 nitrogen and oxygen atoms in total. The van der Waals surface area contributed by atoms with E-state index in [2.05, 4.69) is 36.5 Å². The Hall–Kier alpha value is -2.62. The van der Waals surface area contributed by atoms with E-state index >= 15 is 0 Å². The summed E-state index contributed by atoms with van der Waals surface area (Å²) in [4.78, 5) is 26.8. The molecule has 1 atom stereocenters. The second kappa shape index (κ2) is 8.38. The van der Waals surface area contributed by atoms with E-state index in [-0.39, 0.29) is 17.9 Å². The minimum Gasteiger partial charge on any atom is -0.335 e. The lowest BCUT2D eigenvalue weighted by Crippen LogP contribution is -2.44. The van der Waals surface area contributed by atoms with Crippen LogP contribution >= 0.6 is 0 Å². The quantitative estimate of drug-likeness (QED) is 0.857. The van der Waals surface area contributed by atoms with Gasteiger partial charge in [-0.25, -0.2) is 0 Å². The summed E-state index contributed by atoms with van der Waals surface area (Å²) in [5.41, 5.74) is 5.05. The van der Waals surface area contributed by atoms with Crippen molar-refractivity contribution in [2.45, 2.75) is 52.5 Å². The second-order valence-corrected chi connectivity index (χ2v) is 7.37. The Bertz CT molecular complexity index is 844. The van der Waals surface area contributed by atoms with E-state index in [0.717, 1.165) is 37.8 Å². The molecule has 2 aromatic carbocycles. The highest BCUT2D eigenvalue weighted by Gasteiger charge is 2.28. The number of aryl methyl sites for hydroxylation is 2. The summed E-state index contributed by atoms with van der Waals surface area (Å²) in [5, 5.41) is 2.82. The highest BCUT2D eigenvalue weighted by molar-refractivity contribution is 5.97. The van der Waals surface area contributed by atoms with Gasteiger partial charge in [-0.15, -0.1) is 0 Å². The van der Waals surface area contributed by atoms with Gasteiger partial charge in [0.2, 0.25) is 5.91 Å². The Labute approximate surface area is 161 Å². The second-order valence-electron chi connectivity index (χ2n) is 7.37. The number of fused-ring (bicyclic) bond motifs is 1. The smallest absolute Gasteiger partial charge is 0.254 e. The van der Waals surface area contributed by atoms with E-state index in [0.29, 0.717) is 11.3 Å². The van der Waals surface area contributed by atoms with Gasteiger partial charge in [0.05, 0.1) is 0 Å². The summed E-state index contributed by atoms with van der Waals surface area (Å²) in [6.07, 6.45) is 3.84. The van der Waals surface area contributed by atoms with Gasteiger partial charge in [-0.2, -0.15) is 0 Å². The van der Waals surface area contributed by atoms with Gasteiger partial charge >= 0.3 is 0 Å². The van der Waals surface area contributed by atoms with Gasteiger partial charge in [-0.1, -0.05) is 37.3 Å². The van der Waals surface area contributed by atoms with E-state index in [1.807, 2.05) is 24.0 Å². The number of benzene rings is 2. The fourth-order valence-corrected chi connectivity index (χ4v) is 3.88. The van der Waals surface area contributed by atoms with Crippen molar-refractivity contribution >= 4 is 17.5 Å². The molecule has 2 aromatic rings. The predicted octanol–water partition coefficient (Wildman–Crippen LogP) is 4.36. The van der Waals surface area contributed by atoms with Crippen LogP contribution in [-0.4, -0.2) is 29.3 Å². The average Bonchev–Trinajstić information content (AvgIpc) is 2.66. The van der Waals surface area contributed by atoms with Crippen LogP contribution in [0.4, 0.5) is 5.69 Å². The number of nitrogens with zero attached hydrogens (tertiary/aromatic N) is 1. The van der Waals surface area contributed by atoms with E-state index in [4.69, 9.17) is 0 Å². The number of hydrogen-bond donors (Lipinski definition) is 1. The monoisotopic (exact) mass is 364 g/mol. The maximum Gasteiger partial charge on any atom is 0.254 e. The van der Waals surface area contributed by atoms with Crippen molar-refractivity contribution in [2.75, 3.05) is 11.9 Å². The zero-order valence-electron chi connectivity index (χ0n) is 16.4. The average molecular weight is 364 g/mol. The fourth-order valence-electron chi connectivity index (χ4n) is 3.88. The van der Waals surface area contributed by atoms with E-state index < -0.39 is 0 Å². The Balaban J connectivity index is 1.85. The zero-order valence-corrected chi connectivity index (χ0v) is 16.4. The lowest BCUT2D eigenvalue weighted by Gasteiger charge is -2.35. The molecule has 0 fully saturated rings. The molecular weight excluding hydrogens is 336 g/mol. The Kier molecular flexibility index (Phi) is 5.94. The van der Waals surface area contributed by atoms with Crippen LogP contribution in [-0.2, 0) is 17.6 Å². The van der Waals surface area contributed by atoms with Gasteiger partial charge in [0.25, 0.3) is 5.91 Å². The third-order valence-corrected chi connectivity index (χ3v) is 5.28. The summed E-state index contributed by atoms with van der Waals surface area (Å²) >= 11 is 0. The van der Waals surface area contributed by atoms with Crippen molar-refractivity contribution < 1.29 is 9.59 Å². The van der Waals surface area contributed by atoms with Gasteiger partial charge < -0.3 is 10.2 Å². The molecule has 142 valence electrons. The molecule has 0 saturated carbocycles. The molecule has 0 aromatic heterocycles. The van der Waals surface area contributed by atoms with Crippen LogP contribution in [0.2, 0.25) is 0 Å². The van der Waals surface area contributed by atoms with Crippen molar-refractivity contribution in [3.8, 4) is 0 Å². The van der Waals surface area contributed by atoms with E-state index in [1.54, 1.807) is 6.07 Å². The van der Waals surface area contributed by atoms with Gasteiger partial charge in [-0.05, 0) is 61.4 Å². The lowest BCUT2D eigenvalue weighted by molar-refractivity contribution is -0.114. The SMILES string of the molecule is CCCN(C(=O)c1ccc(C)c(NC(C)=O)c1)C1CCc2ccccc2C1. The van der Waals surface area contributed by atoms with Crippen molar-refractivity contribution in [3.05, 3.63) is 64.7 Å². The summed E-state index contributed by atoms with van der Waals surface area (Å²) in [5.74, 6) is -0.0789. The normalized spacial score (nSPS) is 15.7. The number of carbonyl (C=O) groups excluding carboxylic acids is 2. The molecule has 4 heteroatoms. The number of anilines is 1. The molecule has 0 radical (unpaired) electrons. The fraction of sp³-hybridized carbons (Fsp3) is 0.391. The number of rotatable bonds is 5. The van der Waals surface area contributed by atoms with Crippen LogP contribution in [0.15, 0.2) is 42.5 Å². The summed E-state index contributed by atoms with van der Waals surface area (Å²) in [6, 6.07) is 14.3. The molecule has 0 bridgehead atoms. The van der Waals surface area contributed by atoms with Gasteiger partial charge in [0.15, 0.2) is 0 Å². The minimum atomic E-state index is -0.128. The number of amides is 2. The van der Waals surface area contributed by atoms with Crippen molar-refractivity contribution in [1.82, 2.24) is 4.90 Å². The molecule has 1 aliphatic carbocycles. The topological polar surface area (TPSA) is 49.4 Å². The first-order chi connectivity index (χ1) is 13.0. The first kappa shape index (κ1) is 19.2.